The van der Waals surface area contributed by atoms with Gasteiger partial charge in [0.1, 0.15) is 35.6 Å². The van der Waals surface area contributed by atoms with Crippen molar-refractivity contribution in [1.82, 2.24) is 0 Å². The molecule has 0 aliphatic rings. The van der Waals surface area contributed by atoms with Crippen molar-refractivity contribution in [3.8, 4) is 17.2 Å². The molecule has 0 spiro atoms. The molecule has 5 unspecified atom stereocenters. The van der Waals surface area contributed by atoms with Gasteiger partial charge in [-0.3, -0.25) is 13.7 Å². The Morgan fingerprint density at radius 3 is 1.09 bits per heavy atom. The number of benzene rings is 3. The van der Waals surface area contributed by atoms with Gasteiger partial charge in [-0.05, 0) is 100.0 Å². The fraction of sp³-hybridized carbons (Fsp3) is 0.462. The summed E-state index contributed by atoms with van der Waals surface area (Å²) >= 11 is 0. The van der Waals surface area contributed by atoms with E-state index < -0.39 is 92.9 Å². The van der Waals surface area contributed by atoms with Crippen LogP contribution in [0.3, 0.4) is 0 Å². The average molecular weight is 1040 g/mol. The molecule has 3 aromatic carbocycles. The molecule has 5 atom stereocenters. The second-order valence-corrected chi connectivity index (χ2v) is 19.4. The van der Waals surface area contributed by atoms with Crippen LogP contribution in [0.4, 0.5) is 14.4 Å². The van der Waals surface area contributed by atoms with Gasteiger partial charge in [-0.1, -0.05) is 58.3 Å². The predicted molar refractivity (Wildman–Crippen MR) is 250 cm³/mol. The summed E-state index contributed by atoms with van der Waals surface area (Å²) < 4.78 is 130. The van der Waals surface area contributed by atoms with Gasteiger partial charge in [0, 0.05) is 5.92 Å². The molecule has 26 heteroatoms. The van der Waals surface area contributed by atoms with Crippen LogP contribution in [0, 0.1) is 5.92 Å². The number of carbonyl (C=O) groups is 3. The van der Waals surface area contributed by atoms with Crippen LogP contribution in [0.1, 0.15) is 85.5 Å². The second-order valence-electron chi connectivity index (χ2n) is 14.1. The van der Waals surface area contributed by atoms with Crippen LogP contribution in [-0.2, 0) is 44.6 Å². The second kappa shape index (κ2) is 30.5. The van der Waals surface area contributed by atoms with Crippen LogP contribution >= 0.6 is 21.6 Å². The Balaban J connectivity index is 0. The minimum absolute atomic E-state index is 0. The van der Waals surface area contributed by atoms with E-state index in [1.54, 1.807) is 6.92 Å². The van der Waals surface area contributed by atoms with Crippen molar-refractivity contribution in [2.24, 2.45) is 5.92 Å². The maximum atomic E-state index is 13.2. The maximum absolute atomic E-state index is 13.2. The van der Waals surface area contributed by atoms with Gasteiger partial charge in [0.2, 0.25) is 0 Å². The van der Waals surface area contributed by atoms with Crippen molar-refractivity contribution < 1.29 is 81.7 Å². The number of hydrogen-bond acceptors (Lipinski definition) is 15. The van der Waals surface area contributed by atoms with Gasteiger partial charge in [0.15, 0.2) is 0 Å². The molecule has 65 heavy (non-hydrogen) atoms. The number of hydrogen-bond donors (Lipinski definition) is 3. The van der Waals surface area contributed by atoms with E-state index in [9.17, 15) is 53.3 Å². The Kier molecular flexibility index (Phi) is 31.0. The van der Waals surface area contributed by atoms with Crippen molar-refractivity contribution in [2.75, 3.05) is 0 Å². The average Bonchev–Trinajstić information content (AvgIpc) is 3.16. The molecule has 0 saturated heterocycles. The zero-order valence-electron chi connectivity index (χ0n) is 34.3. The van der Waals surface area contributed by atoms with Crippen LogP contribution in [0.25, 0.3) is 0 Å². The summed E-state index contributed by atoms with van der Waals surface area (Å²) in [6.45, 7) is 6.60. The van der Waals surface area contributed by atoms with Crippen LogP contribution < -0.4 is 14.2 Å². The fourth-order valence-electron chi connectivity index (χ4n) is 6.45. The third kappa shape index (κ3) is 22.0. The van der Waals surface area contributed by atoms with E-state index in [0.29, 0.717) is 12.8 Å². The van der Waals surface area contributed by atoms with E-state index in [-0.39, 0.29) is 118 Å². The first kappa shape index (κ1) is 66.0. The summed E-state index contributed by atoms with van der Waals surface area (Å²) in [5, 5.41) is -1.53. The minimum atomic E-state index is -4.54. The summed E-state index contributed by atoms with van der Waals surface area (Å²) in [6.07, 6.45) is 0.589. The summed E-state index contributed by atoms with van der Waals surface area (Å²) in [5.74, 6) is -1.23. The van der Waals surface area contributed by atoms with Gasteiger partial charge >= 0.3 is 107 Å². The van der Waals surface area contributed by atoms with E-state index in [1.165, 1.54) is 13.8 Å². The van der Waals surface area contributed by atoms with Crippen molar-refractivity contribution in [3.63, 3.8) is 0 Å². The molecule has 0 saturated carbocycles. The van der Waals surface area contributed by atoms with Crippen molar-refractivity contribution in [1.29, 1.82) is 0 Å². The first-order valence-electron chi connectivity index (χ1n) is 19.1. The zero-order valence-corrected chi connectivity index (χ0v) is 38.7. The van der Waals surface area contributed by atoms with E-state index in [0.717, 1.165) is 118 Å². The number of unbranched alkanes of at least 4 members (excludes halogenated alkanes) is 7. The molecule has 3 N–H and O–H groups in total. The van der Waals surface area contributed by atoms with Gasteiger partial charge in [0.25, 0.3) is 30.4 Å². The third-order valence-corrected chi connectivity index (χ3v) is 13.8. The first-order valence-corrected chi connectivity index (χ1v) is 24.0. The number of halogens is 1. The number of ether oxygens (including phenoxy) is 6. The van der Waals surface area contributed by atoms with Gasteiger partial charge in [0.05, 0.1) is 19.8 Å². The molecule has 0 radical (unpaired) electrons. The molecule has 0 amide bonds. The Morgan fingerprint density at radius 1 is 0.523 bits per heavy atom. The van der Waals surface area contributed by atoms with E-state index in [2.05, 4.69) is 16.2 Å². The molecule has 0 fully saturated rings. The molecule has 0 aliphatic carbocycles. The van der Waals surface area contributed by atoms with Gasteiger partial charge in [-0.25, -0.2) is 14.4 Å². The summed E-state index contributed by atoms with van der Waals surface area (Å²) in [6, 6.07) is 12.7. The number of carbonyl (C=O) groups excluding carboxylic acids is 3. The Labute approximate surface area is 455 Å². The SMILES string of the molecule is CCCCCCCCCCC(C(C)OC(=O)Oc1ccc(S(=O)(=O)O)cc1)C(P)(C(C)OC(=O)Oc1ccc(S(=O)(=O)O)cc1)C(C)OC(=O)Oc1ccc(S(=O)(=O)O)cc1.Cl.[NaH].[NaH].[NaH]. The fourth-order valence-corrected chi connectivity index (χ4v) is 8.46. The first-order chi connectivity index (χ1) is 28.4. The molecule has 0 aliphatic heterocycles. The Bertz CT molecular complexity index is 2180. The molecule has 0 heterocycles. The van der Waals surface area contributed by atoms with Crippen LogP contribution in [-0.4, -0.2) is 170 Å². The normalized spacial score (nSPS) is 14.0. The standard InChI is InChI=1S/C39H51O18PS3.ClH.3Na.3H/c1-5-6-7-8-9-10-11-12-13-35(26(2)52-36(40)55-29-14-20-32(21-15-29)59(43,44)45)39(58,27(3)53-37(41)56-30-16-22-33(23-17-30)60(46,47)48)28(4)54-38(42)57-31-18-24-34(25-19-31)61(49,50)51;;;;;;;/h14-28,35H,5-13,58H2,1-4H3,(H,43,44,45)(H,46,47,48)(H,49,50,51);1H;;;;;;. The monoisotopic (exact) mass is 1040 g/mol. The van der Waals surface area contributed by atoms with E-state index in [1.807, 2.05) is 0 Å². The summed E-state index contributed by atoms with van der Waals surface area (Å²) in [7, 11) is -11.1. The molecule has 3 rings (SSSR count). The predicted octanol–water partition coefficient (Wildman–Crippen LogP) is 6.78. The van der Waals surface area contributed by atoms with Gasteiger partial charge < -0.3 is 28.4 Å². The van der Waals surface area contributed by atoms with Crippen molar-refractivity contribution in [2.45, 2.75) is 124 Å². The van der Waals surface area contributed by atoms with E-state index >= 15 is 0 Å². The van der Waals surface area contributed by atoms with Gasteiger partial charge in [-0.2, -0.15) is 25.3 Å². The van der Waals surface area contributed by atoms with Crippen LogP contribution in [0.15, 0.2) is 87.5 Å². The van der Waals surface area contributed by atoms with Crippen LogP contribution in [0.2, 0.25) is 0 Å². The molecular weight excluding hydrogens is 988 g/mol. The quantitative estimate of drug-likeness (QED) is 0.0178. The summed E-state index contributed by atoms with van der Waals surface area (Å²) in [4.78, 5) is 38.3. The Hall–Kier alpha value is -1.08. The molecular formula is C39H55ClNa3O18PS3. The molecule has 3 aromatic rings. The molecule has 0 aromatic heterocycles. The molecule has 0 bridgehead atoms. The number of rotatable bonds is 22. The van der Waals surface area contributed by atoms with Crippen molar-refractivity contribution >= 4 is 159 Å². The summed E-state index contributed by atoms with van der Waals surface area (Å²) in [5.41, 5.74) is 0. The van der Waals surface area contributed by atoms with Gasteiger partial charge in [-0.15, -0.1) is 21.6 Å². The van der Waals surface area contributed by atoms with Crippen LogP contribution in [0.5, 0.6) is 17.2 Å². The Morgan fingerprint density at radius 2 is 0.800 bits per heavy atom. The third-order valence-electron chi connectivity index (χ3n) is 9.78. The zero-order chi connectivity index (χ0) is 45.6. The topological polar surface area (TPSA) is 270 Å². The molecule has 352 valence electrons. The molecule has 18 nitrogen and oxygen atoms in total. The van der Waals surface area contributed by atoms with Crippen molar-refractivity contribution in [3.05, 3.63) is 72.8 Å². The van der Waals surface area contributed by atoms with E-state index in [4.69, 9.17) is 28.4 Å².